The molecule has 0 atom stereocenters. The molecule has 2 aliphatic carbocycles. The predicted molar refractivity (Wildman–Crippen MR) is 536 cm³/mol. The molecule has 594 valence electrons. The molecular weight excluding hydrogens is 1740 g/mol. The van der Waals surface area contributed by atoms with E-state index < -0.39 is 12.8 Å². The number of nitro benzene ring substituents is 2. The van der Waals surface area contributed by atoms with E-state index in [0.717, 1.165) is 33.6 Å². The highest BCUT2D eigenvalue weighted by Crippen LogP contribution is 2.52. The fourth-order valence-corrected chi connectivity index (χ4v) is 25.1. The molecular formula is C107H75BBr2N2O6PS4+. The second-order valence-electron chi connectivity index (χ2n) is 31.2. The van der Waals surface area contributed by atoms with Gasteiger partial charge in [-0.25, -0.2) is 0 Å². The van der Waals surface area contributed by atoms with Crippen LogP contribution in [0.25, 0.3) is 148 Å². The maximum atomic E-state index is 11.6. The molecule has 0 bridgehead atoms. The van der Waals surface area contributed by atoms with Gasteiger partial charge in [0.25, 0.3) is 11.4 Å². The minimum absolute atomic E-state index is 0.0995. The summed E-state index contributed by atoms with van der Waals surface area (Å²) in [4.78, 5) is 22.3. The topological polar surface area (TPSA) is 105 Å². The van der Waals surface area contributed by atoms with Gasteiger partial charge in [0.2, 0.25) is 0 Å². The van der Waals surface area contributed by atoms with Crippen molar-refractivity contribution in [3.8, 4) is 22.3 Å². The first-order valence-corrected chi connectivity index (χ1v) is 46.7. The van der Waals surface area contributed by atoms with E-state index in [9.17, 15) is 20.2 Å². The summed E-state index contributed by atoms with van der Waals surface area (Å²) >= 11 is 14.2. The minimum atomic E-state index is -0.446. The lowest BCUT2D eigenvalue weighted by Crippen LogP contribution is -2.41. The first-order chi connectivity index (χ1) is 60.0. The summed E-state index contributed by atoms with van der Waals surface area (Å²) in [6.07, 6.45) is 10.5. The molecule has 1 saturated heterocycles. The van der Waals surface area contributed by atoms with Gasteiger partial charge >= 0.3 is 7.12 Å². The van der Waals surface area contributed by atoms with Crippen molar-refractivity contribution in [3.05, 3.63) is 415 Å². The lowest BCUT2D eigenvalue weighted by atomic mass is 9.75. The Balaban J connectivity index is 0.0000000988. The number of thiophene rings is 4. The molecule has 0 radical (unpaired) electrons. The Morgan fingerprint density at radius 3 is 1.35 bits per heavy atom. The van der Waals surface area contributed by atoms with Crippen molar-refractivity contribution < 1.29 is 19.2 Å². The molecule has 17 aromatic carbocycles. The van der Waals surface area contributed by atoms with E-state index in [1.807, 2.05) is 82.6 Å². The van der Waals surface area contributed by atoms with Gasteiger partial charge in [0.05, 0.1) is 41.9 Å². The van der Waals surface area contributed by atoms with Crippen LogP contribution in [0.5, 0.6) is 0 Å². The van der Waals surface area contributed by atoms with E-state index in [4.69, 9.17) is 9.31 Å². The van der Waals surface area contributed by atoms with Crippen LogP contribution in [0.1, 0.15) is 49.3 Å². The Morgan fingerprint density at radius 1 is 0.374 bits per heavy atom. The molecule has 16 heteroatoms. The molecule has 24 rings (SSSR count). The molecule has 8 nitrogen and oxygen atoms in total. The molecule has 123 heavy (non-hydrogen) atoms. The third-order valence-electron chi connectivity index (χ3n) is 23.4. The van der Waals surface area contributed by atoms with E-state index in [1.54, 1.807) is 41.7 Å². The summed E-state index contributed by atoms with van der Waals surface area (Å²) in [5.74, 6) is 0. The van der Waals surface area contributed by atoms with Crippen LogP contribution in [-0.4, -0.2) is 28.2 Å². The molecule has 0 N–H and O–H groups in total. The van der Waals surface area contributed by atoms with Crippen LogP contribution in [0.3, 0.4) is 0 Å². The Kier molecular flexibility index (Phi) is 22.5. The highest BCUT2D eigenvalue weighted by Gasteiger charge is 2.52. The standard InChI is InChI=1S/C23H14S.C22H20BO2S.C22H13NO2S.C18H15P.C16H9BrS.C6H4BrNO2/c1-2-8-15-14(7-1)13-19-21(15)16-9-3-4-10-17(16)23-22(19)18-11-5-6-12-20(18)24-23;1-21(2)22(3,4)25-23(24-21)18-13-17-15-10-7-8-12-19(15)26-20(17)16-11-6-5-9-14(16)18;24-23(25)20-11-5-3-8-15(20)18-13-19-16-9-4-6-12-21(16)26-22(19)17-10-2-1-7-14(17)18;1-4-10-16(11-5-1)19(17-12-6-2-7-13-17)18-14-8-3-9-15-18;17-14-9-13-11-6-3-4-8-15(11)18-16(13)12-7-2-1-5-10(12)14;7-5-3-1-2-4-6(5)8(9)10/h1-12H,13H2;5-7,9-13H,1-4H3;1-13H;1-15H;1-9H;1-4H/q;+1;;;;. The number of rotatable bonds is 7. The number of fused-ring (bicyclic) bond motifs is 25. The third kappa shape index (κ3) is 15.5. The monoisotopic (exact) mass is 1810 g/mol. The fraction of sp³-hybridized carbons (Fsp3) is 0.0654. The average Bonchev–Trinajstić information content (AvgIpc) is 1.58. The van der Waals surface area contributed by atoms with E-state index in [1.165, 1.54) is 157 Å². The highest BCUT2D eigenvalue weighted by atomic mass is 79.9. The molecule has 3 aliphatic rings. The van der Waals surface area contributed by atoms with Gasteiger partial charge in [-0.05, 0) is 171 Å². The molecule has 5 heterocycles. The largest absolute Gasteiger partial charge is 0.495 e. The summed E-state index contributed by atoms with van der Waals surface area (Å²) in [6.45, 7) is 8.40. The number of benzene rings is 17. The van der Waals surface area contributed by atoms with Crippen molar-refractivity contribution in [1.29, 1.82) is 0 Å². The molecule has 1 aliphatic heterocycles. The van der Waals surface area contributed by atoms with Crippen LogP contribution >= 0.6 is 85.1 Å². The van der Waals surface area contributed by atoms with E-state index >= 15 is 0 Å². The number of para-hydroxylation sites is 2. The maximum Gasteiger partial charge on any atom is 0.495 e. The van der Waals surface area contributed by atoms with E-state index in [0.29, 0.717) is 10.0 Å². The number of nitrogens with zero attached hydrogens (tertiary/aromatic N) is 2. The Morgan fingerprint density at radius 2 is 0.789 bits per heavy atom. The Bertz CT molecular complexity index is 7650. The maximum absolute atomic E-state index is 11.6. The van der Waals surface area contributed by atoms with E-state index in [-0.39, 0.29) is 34.6 Å². The van der Waals surface area contributed by atoms with Gasteiger partial charge in [0.15, 0.2) is 0 Å². The second-order valence-corrected chi connectivity index (χ2v) is 39.3. The van der Waals surface area contributed by atoms with Gasteiger partial charge in [-0.1, -0.05) is 325 Å². The van der Waals surface area contributed by atoms with Crippen LogP contribution in [0.2, 0.25) is 0 Å². The van der Waals surface area contributed by atoms with E-state index in [2.05, 4.69) is 351 Å². The molecule has 1 fully saturated rings. The van der Waals surface area contributed by atoms with Crippen molar-refractivity contribution in [3.63, 3.8) is 0 Å². The Labute approximate surface area is 745 Å². The predicted octanol–water partition coefficient (Wildman–Crippen LogP) is 30.5. The number of allylic oxidation sites excluding steroid dienone is 2. The second kappa shape index (κ2) is 34.3. The van der Waals surface area contributed by atoms with Gasteiger partial charge in [-0.15, -0.1) is 34.0 Å². The molecule has 21 aromatic rings. The quantitative estimate of drug-likeness (QED) is 0.0518. The summed E-state index contributed by atoms with van der Waals surface area (Å²) < 4.78 is 23.8. The average molecular weight is 1810 g/mol. The first kappa shape index (κ1) is 80.7. The van der Waals surface area contributed by atoms with Gasteiger partial charge in [0, 0.05) is 110 Å². The Hall–Kier alpha value is -12.0. The smallest absolute Gasteiger partial charge is 0.399 e. The van der Waals surface area contributed by atoms with Crippen molar-refractivity contribution in [2.75, 3.05) is 0 Å². The summed E-state index contributed by atoms with van der Waals surface area (Å²) in [5, 5.41) is 45.2. The first-order valence-electron chi connectivity index (χ1n) is 40.5. The normalized spacial score (nSPS) is 13.2. The van der Waals surface area contributed by atoms with Crippen LogP contribution in [-0.2, 0) is 15.7 Å². The SMILES string of the molecule is Brc1cc2c3ccccc3sc2c2ccccc12.CC1(C)OB(c2cc3c4c(sc3c3ccccc23)C=[C+]C=C4)OC1(C)C.O=[N+]([O-])c1ccccc1-c1cc2c3ccccc3sc2c2ccccc12.O=[N+]([O-])c1ccccc1Br.c1ccc(P(c2ccccc2)c2ccccc2)cc1.c1ccc2c(c1)Cc1c-2c2ccccc2c2sc3ccccc3c12. The third-order valence-corrected chi connectivity index (χ3v) is 32.0. The van der Waals surface area contributed by atoms with Crippen molar-refractivity contribution in [1.82, 2.24) is 0 Å². The number of hydrogen-bond acceptors (Lipinski definition) is 10. The number of hydrogen-bond donors (Lipinski definition) is 0. The van der Waals surface area contributed by atoms with Crippen molar-refractivity contribution >= 4 is 251 Å². The van der Waals surface area contributed by atoms with Crippen LogP contribution in [0.15, 0.2) is 367 Å². The molecule has 0 saturated carbocycles. The minimum Gasteiger partial charge on any atom is -0.399 e. The van der Waals surface area contributed by atoms with Crippen LogP contribution < -0.4 is 21.4 Å². The van der Waals surface area contributed by atoms with Crippen molar-refractivity contribution in [2.45, 2.75) is 45.3 Å². The molecule has 0 amide bonds. The van der Waals surface area contributed by atoms with Gasteiger partial charge in [-0.2, -0.15) is 0 Å². The lowest BCUT2D eigenvalue weighted by Gasteiger charge is -2.32. The van der Waals surface area contributed by atoms with Gasteiger partial charge in [0.1, 0.15) is 22.6 Å². The van der Waals surface area contributed by atoms with Gasteiger partial charge in [-0.3, -0.25) is 20.2 Å². The zero-order valence-electron chi connectivity index (χ0n) is 67.2. The van der Waals surface area contributed by atoms with Crippen molar-refractivity contribution in [2.24, 2.45) is 0 Å². The molecule has 0 spiro atoms. The number of halogens is 2. The molecule has 0 unspecified atom stereocenters. The highest BCUT2D eigenvalue weighted by molar-refractivity contribution is 9.11. The summed E-state index contributed by atoms with van der Waals surface area (Å²) in [7, 11) is -0.808. The zero-order chi connectivity index (χ0) is 84.0. The van der Waals surface area contributed by atoms with Crippen LogP contribution in [0.4, 0.5) is 11.4 Å². The summed E-state index contributed by atoms with van der Waals surface area (Å²) in [6, 6.07) is 121. The summed E-state index contributed by atoms with van der Waals surface area (Å²) in [5.41, 5.74) is 9.33. The fourth-order valence-electron chi connectivity index (χ4n) is 16.9. The lowest BCUT2D eigenvalue weighted by molar-refractivity contribution is -0.385. The van der Waals surface area contributed by atoms with Crippen LogP contribution in [0, 0.1) is 26.3 Å². The molecule has 4 aromatic heterocycles. The zero-order valence-corrected chi connectivity index (χ0v) is 74.5. The number of nitro groups is 2. The van der Waals surface area contributed by atoms with Gasteiger partial charge < -0.3 is 9.31 Å².